The number of thioether (sulfide) groups is 1. The van der Waals surface area contributed by atoms with Crippen molar-refractivity contribution in [2.45, 2.75) is 11.8 Å². The molecule has 0 bridgehead atoms. The molecule has 0 saturated carbocycles. The van der Waals surface area contributed by atoms with Gasteiger partial charge in [0.1, 0.15) is 5.75 Å². The fourth-order valence-corrected chi connectivity index (χ4v) is 3.98. The van der Waals surface area contributed by atoms with Crippen molar-refractivity contribution >= 4 is 40.9 Å². The third-order valence-corrected chi connectivity index (χ3v) is 5.55. The quantitative estimate of drug-likeness (QED) is 0.675. The van der Waals surface area contributed by atoms with Crippen molar-refractivity contribution in [1.29, 1.82) is 0 Å². The zero-order valence-corrected chi connectivity index (χ0v) is 16.9. The van der Waals surface area contributed by atoms with Crippen LogP contribution in [0.1, 0.15) is 5.56 Å². The van der Waals surface area contributed by atoms with Gasteiger partial charge in [0.15, 0.2) is 6.61 Å². The van der Waals surface area contributed by atoms with E-state index < -0.39 is 0 Å². The molecule has 0 saturated heterocycles. The summed E-state index contributed by atoms with van der Waals surface area (Å²) in [5, 5.41) is 6.49. The normalized spacial score (nSPS) is 15.8. The minimum absolute atomic E-state index is 0.0341. The molecule has 4 nitrogen and oxygen atoms in total. The molecule has 2 aromatic carbocycles. The Hall–Kier alpha value is -1.82. The first-order valence-electron chi connectivity index (χ1n) is 8.57. The van der Waals surface area contributed by atoms with E-state index in [2.05, 4.69) is 27.9 Å². The molecule has 142 valence electrons. The van der Waals surface area contributed by atoms with E-state index in [1.165, 1.54) is 5.56 Å². The van der Waals surface area contributed by atoms with E-state index >= 15 is 0 Å². The van der Waals surface area contributed by atoms with E-state index in [1.807, 2.05) is 18.2 Å². The van der Waals surface area contributed by atoms with Crippen LogP contribution < -0.4 is 10.1 Å². The molecule has 0 spiro atoms. The van der Waals surface area contributed by atoms with Crippen LogP contribution in [0.4, 0.5) is 0 Å². The van der Waals surface area contributed by atoms with Gasteiger partial charge in [-0.25, -0.2) is 0 Å². The number of carbonyl (C=O) groups is 1. The fourth-order valence-electron chi connectivity index (χ4n) is 2.67. The van der Waals surface area contributed by atoms with Gasteiger partial charge in [0.05, 0.1) is 5.37 Å². The first-order chi connectivity index (χ1) is 13.1. The van der Waals surface area contributed by atoms with Gasteiger partial charge >= 0.3 is 0 Å². The summed E-state index contributed by atoms with van der Waals surface area (Å²) in [4.78, 5) is 14.3. The highest BCUT2D eigenvalue weighted by Gasteiger charge is 2.20. The molecule has 0 radical (unpaired) electrons. The van der Waals surface area contributed by atoms with Gasteiger partial charge in [-0.05, 0) is 47.7 Å². The molecule has 1 heterocycles. The first-order valence-corrected chi connectivity index (χ1v) is 10.3. The van der Waals surface area contributed by atoms with Crippen LogP contribution in [0.15, 0.2) is 60.1 Å². The Bertz CT molecular complexity index is 816. The summed E-state index contributed by atoms with van der Waals surface area (Å²) in [5.74, 6) is 0.426. The molecule has 1 N–H and O–H groups in total. The van der Waals surface area contributed by atoms with Crippen molar-refractivity contribution in [3.05, 3.63) is 75.7 Å². The van der Waals surface area contributed by atoms with E-state index in [9.17, 15) is 4.79 Å². The second-order valence-corrected chi connectivity index (χ2v) is 8.01. The topological polar surface area (TPSA) is 41.6 Å². The second kappa shape index (κ2) is 9.93. The Morgan fingerprint density at radius 3 is 2.70 bits per heavy atom. The third kappa shape index (κ3) is 6.38. The molecule has 2 aromatic rings. The molecular weight excluding hydrogens is 403 g/mol. The van der Waals surface area contributed by atoms with Crippen LogP contribution in [0.3, 0.4) is 0 Å². The lowest BCUT2D eigenvalue weighted by Crippen LogP contribution is -2.40. The molecule has 7 heteroatoms. The van der Waals surface area contributed by atoms with E-state index in [0.29, 0.717) is 17.3 Å². The molecule has 1 atom stereocenters. The molecule has 1 aliphatic rings. The van der Waals surface area contributed by atoms with Crippen LogP contribution in [0.2, 0.25) is 10.0 Å². The van der Waals surface area contributed by atoms with Gasteiger partial charge in [0.25, 0.3) is 5.91 Å². The highest BCUT2D eigenvalue weighted by atomic mass is 35.5. The second-order valence-electron chi connectivity index (χ2n) is 6.04. The van der Waals surface area contributed by atoms with Gasteiger partial charge in [-0.2, -0.15) is 0 Å². The zero-order valence-electron chi connectivity index (χ0n) is 14.6. The fraction of sp³-hybridized carbons (Fsp3) is 0.250. The maximum atomic E-state index is 12.0. The van der Waals surface area contributed by atoms with Crippen LogP contribution in [-0.2, 0) is 11.2 Å². The molecular formula is C20H20Cl2N2O2S. The Kier molecular flexibility index (Phi) is 7.33. The SMILES string of the molecule is O=C(COc1cccc(Cl)c1)NCC1SC=CN1CCc1cccc(Cl)c1. The van der Waals surface area contributed by atoms with Gasteiger partial charge in [-0.3, -0.25) is 4.79 Å². The average Bonchev–Trinajstić information content (AvgIpc) is 3.10. The van der Waals surface area contributed by atoms with Crippen molar-refractivity contribution < 1.29 is 9.53 Å². The van der Waals surface area contributed by atoms with E-state index in [-0.39, 0.29) is 17.9 Å². The minimum atomic E-state index is -0.155. The number of carbonyl (C=O) groups excluding carboxylic acids is 1. The monoisotopic (exact) mass is 422 g/mol. The molecule has 0 fully saturated rings. The summed E-state index contributed by atoms with van der Waals surface area (Å²) in [6.07, 6.45) is 2.96. The summed E-state index contributed by atoms with van der Waals surface area (Å²) in [5.41, 5.74) is 1.20. The lowest BCUT2D eigenvalue weighted by atomic mass is 10.1. The van der Waals surface area contributed by atoms with Crippen LogP contribution >= 0.6 is 35.0 Å². The Morgan fingerprint density at radius 1 is 1.15 bits per heavy atom. The number of hydrogen-bond donors (Lipinski definition) is 1. The number of hydrogen-bond acceptors (Lipinski definition) is 4. The van der Waals surface area contributed by atoms with Crippen molar-refractivity contribution in [1.82, 2.24) is 10.2 Å². The number of ether oxygens (including phenoxy) is 1. The molecule has 3 rings (SSSR count). The van der Waals surface area contributed by atoms with Gasteiger partial charge < -0.3 is 15.0 Å². The summed E-state index contributed by atoms with van der Waals surface area (Å²) < 4.78 is 5.46. The minimum Gasteiger partial charge on any atom is -0.484 e. The third-order valence-electron chi connectivity index (χ3n) is 4.05. The lowest BCUT2D eigenvalue weighted by Gasteiger charge is -2.25. The Balaban J connectivity index is 1.41. The summed E-state index contributed by atoms with van der Waals surface area (Å²) in [6, 6.07) is 14.9. The summed E-state index contributed by atoms with van der Waals surface area (Å²) >= 11 is 13.6. The van der Waals surface area contributed by atoms with Crippen LogP contribution in [-0.4, -0.2) is 35.9 Å². The number of nitrogens with zero attached hydrogens (tertiary/aromatic N) is 1. The van der Waals surface area contributed by atoms with Gasteiger partial charge in [0.2, 0.25) is 0 Å². The summed E-state index contributed by atoms with van der Waals surface area (Å²) in [6.45, 7) is 1.38. The number of amides is 1. The number of nitrogens with one attached hydrogen (secondary N) is 1. The van der Waals surface area contributed by atoms with Gasteiger partial charge in [-0.1, -0.05) is 41.4 Å². The highest BCUT2D eigenvalue weighted by Crippen LogP contribution is 2.25. The average molecular weight is 423 g/mol. The van der Waals surface area contributed by atoms with Crippen molar-refractivity contribution in [3.63, 3.8) is 0 Å². The predicted molar refractivity (Wildman–Crippen MR) is 112 cm³/mol. The Morgan fingerprint density at radius 2 is 1.93 bits per heavy atom. The largest absolute Gasteiger partial charge is 0.484 e. The molecule has 27 heavy (non-hydrogen) atoms. The van der Waals surface area contributed by atoms with E-state index in [1.54, 1.807) is 36.0 Å². The molecule has 1 amide bonds. The molecule has 0 aliphatic carbocycles. The lowest BCUT2D eigenvalue weighted by molar-refractivity contribution is -0.123. The zero-order chi connectivity index (χ0) is 19.1. The standard InChI is InChI=1S/C20H20Cl2N2O2S/c21-16-4-1-3-15(11-16)7-8-24-9-10-27-20(24)13-23-19(25)14-26-18-6-2-5-17(22)12-18/h1-6,9-12,20H,7-8,13-14H2,(H,23,25). The molecule has 1 unspecified atom stereocenters. The van der Waals surface area contributed by atoms with E-state index in [0.717, 1.165) is 18.0 Å². The van der Waals surface area contributed by atoms with Gasteiger partial charge in [-0.15, -0.1) is 11.8 Å². The maximum absolute atomic E-state index is 12.0. The van der Waals surface area contributed by atoms with Crippen molar-refractivity contribution in [2.24, 2.45) is 0 Å². The van der Waals surface area contributed by atoms with Crippen molar-refractivity contribution in [3.8, 4) is 5.75 Å². The van der Waals surface area contributed by atoms with Gasteiger partial charge in [0, 0.05) is 29.3 Å². The van der Waals surface area contributed by atoms with Crippen LogP contribution in [0.25, 0.3) is 0 Å². The number of rotatable bonds is 8. The maximum Gasteiger partial charge on any atom is 0.258 e. The number of benzene rings is 2. The van der Waals surface area contributed by atoms with Crippen molar-refractivity contribution in [2.75, 3.05) is 19.7 Å². The smallest absolute Gasteiger partial charge is 0.258 e. The Labute approximate surface area is 173 Å². The van der Waals surface area contributed by atoms with Crippen LogP contribution in [0, 0.1) is 0 Å². The predicted octanol–water partition coefficient (Wildman–Crippen LogP) is 4.58. The van der Waals surface area contributed by atoms with Crippen LogP contribution in [0.5, 0.6) is 5.75 Å². The van der Waals surface area contributed by atoms with E-state index in [4.69, 9.17) is 27.9 Å². The number of halogens is 2. The highest BCUT2D eigenvalue weighted by molar-refractivity contribution is 8.02. The molecule has 0 aromatic heterocycles. The summed E-state index contributed by atoms with van der Waals surface area (Å²) in [7, 11) is 0. The molecule has 1 aliphatic heterocycles. The first kappa shape index (κ1) is 19.9.